The van der Waals surface area contributed by atoms with Crippen molar-refractivity contribution in [1.29, 1.82) is 0 Å². The average molecular weight is 284 g/mol. The van der Waals surface area contributed by atoms with Crippen molar-refractivity contribution in [2.24, 2.45) is 0 Å². The van der Waals surface area contributed by atoms with E-state index in [0.29, 0.717) is 13.0 Å². The largest absolute Gasteiger partial charge is 0.342 e. The quantitative estimate of drug-likeness (QED) is 0.703. The first-order valence-electron chi connectivity index (χ1n) is 4.51. The molecule has 0 aromatic heterocycles. The highest BCUT2D eigenvalue weighted by atomic mass is 79.9. The molecule has 1 heterocycles. The number of sulfone groups is 1. The summed E-state index contributed by atoms with van der Waals surface area (Å²) in [7, 11) is -2.90. The topological polar surface area (TPSA) is 54.5 Å². The van der Waals surface area contributed by atoms with Gasteiger partial charge in [-0.3, -0.25) is 4.79 Å². The smallest absolute Gasteiger partial charge is 0.236 e. The van der Waals surface area contributed by atoms with Crippen LogP contribution in [0.2, 0.25) is 0 Å². The van der Waals surface area contributed by atoms with E-state index in [-0.39, 0.29) is 16.5 Å². The van der Waals surface area contributed by atoms with Gasteiger partial charge in [0.25, 0.3) is 0 Å². The molecule has 0 aromatic carbocycles. The maximum atomic E-state index is 11.4. The Kier molecular flexibility index (Phi) is 3.94. The Morgan fingerprint density at radius 1 is 1.57 bits per heavy atom. The third-order valence-corrected chi connectivity index (χ3v) is 4.06. The van der Waals surface area contributed by atoms with Crippen LogP contribution in [0.3, 0.4) is 0 Å². The molecule has 0 spiro atoms. The van der Waals surface area contributed by atoms with Gasteiger partial charge in [-0.2, -0.15) is 0 Å². The molecule has 1 atom stereocenters. The van der Waals surface area contributed by atoms with Gasteiger partial charge in [0, 0.05) is 19.3 Å². The number of hydrogen-bond donors (Lipinski definition) is 0. The van der Waals surface area contributed by atoms with Crippen LogP contribution in [0, 0.1) is 0 Å². The number of likely N-dealkylation sites (tertiary alicyclic amines) is 1. The van der Waals surface area contributed by atoms with Crippen LogP contribution in [-0.2, 0) is 14.6 Å². The monoisotopic (exact) mass is 283 g/mol. The van der Waals surface area contributed by atoms with E-state index in [0.717, 1.165) is 13.0 Å². The van der Waals surface area contributed by atoms with E-state index in [4.69, 9.17) is 0 Å². The van der Waals surface area contributed by atoms with Crippen LogP contribution in [0.4, 0.5) is 0 Å². The Bertz CT molecular complexity index is 315. The van der Waals surface area contributed by atoms with Crippen molar-refractivity contribution in [3.63, 3.8) is 0 Å². The molecule has 4 nitrogen and oxygen atoms in total. The molecule has 1 amide bonds. The van der Waals surface area contributed by atoms with Gasteiger partial charge in [-0.15, -0.1) is 0 Å². The summed E-state index contributed by atoms with van der Waals surface area (Å²) in [4.78, 5) is 13.0. The summed E-state index contributed by atoms with van der Waals surface area (Å²) >= 11 is 3.27. The van der Waals surface area contributed by atoms with E-state index < -0.39 is 9.84 Å². The lowest BCUT2D eigenvalue weighted by Crippen LogP contribution is -2.29. The molecule has 1 fully saturated rings. The molecular formula is C8H14BrNO3S. The number of rotatable bonds is 4. The van der Waals surface area contributed by atoms with E-state index in [1.54, 1.807) is 4.90 Å². The Morgan fingerprint density at radius 3 is 2.64 bits per heavy atom. The summed E-state index contributed by atoms with van der Waals surface area (Å²) in [6.07, 6.45) is 2.56. The molecule has 1 aliphatic rings. The zero-order valence-corrected chi connectivity index (χ0v) is 10.5. The Labute approximate surface area is 92.7 Å². The highest BCUT2D eigenvalue weighted by Gasteiger charge is 2.28. The van der Waals surface area contributed by atoms with Gasteiger partial charge in [0.2, 0.25) is 5.91 Å². The highest BCUT2D eigenvalue weighted by molar-refractivity contribution is 9.10. The zero-order valence-electron chi connectivity index (χ0n) is 8.07. The molecule has 1 saturated heterocycles. The van der Waals surface area contributed by atoms with E-state index in [2.05, 4.69) is 15.9 Å². The first-order valence-corrected chi connectivity index (χ1v) is 7.48. The Balaban J connectivity index is 2.30. The lowest BCUT2D eigenvalue weighted by molar-refractivity contribution is -0.127. The van der Waals surface area contributed by atoms with E-state index in [1.807, 2.05) is 0 Å². The van der Waals surface area contributed by atoms with Gasteiger partial charge in [0.05, 0.1) is 10.6 Å². The Morgan fingerprint density at radius 2 is 2.21 bits per heavy atom. The normalized spacial score (nSPS) is 23.1. The van der Waals surface area contributed by atoms with Crippen molar-refractivity contribution in [2.75, 3.05) is 25.1 Å². The molecule has 6 heteroatoms. The number of halogens is 1. The van der Waals surface area contributed by atoms with E-state index >= 15 is 0 Å². The maximum Gasteiger partial charge on any atom is 0.236 e. The third kappa shape index (κ3) is 3.57. The van der Waals surface area contributed by atoms with Crippen molar-refractivity contribution in [1.82, 2.24) is 4.90 Å². The lowest BCUT2D eigenvalue weighted by atomic mass is 10.4. The van der Waals surface area contributed by atoms with Crippen molar-refractivity contribution in [2.45, 2.75) is 17.7 Å². The third-order valence-electron chi connectivity index (χ3n) is 2.18. The number of carbonyl (C=O) groups is 1. The molecule has 82 valence electrons. The van der Waals surface area contributed by atoms with Crippen molar-refractivity contribution in [3.05, 3.63) is 0 Å². The minimum absolute atomic E-state index is 0.0688. The van der Waals surface area contributed by atoms with Gasteiger partial charge in [0.1, 0.15) is 9.84 Å². The first-order chi connectivity index (χ1) is 6.40. The molecule has 0 radical (unpaired) electrons. The molecule has 1 unspecified atom stereocenters. The minimum atomic E-state index is -2.90. The van der Waals surface area contributed by atoms with Crippen LogP contribution in [0.5, 0.6) is 0 Å². The molecule has 14 heavy (non-hydrogen) atoms. The number of alkyl halides is 1. The standard InChI is InChI=1S/C8H14BrNO3S/c1-14(12,13)6-2-4-10-5-3-7(9)8(10)11/h7H,2-6H2,1H3. The second kappa shape index (κ2) is 4.61. The van der Waals surface area contributed by atoms with Crippen molar-refractivity contribution >= 4 is 31.7 Å². The zero-order chi connectivity index (χ0) is 10.8. The summed E-state index contributed by atoms with van der Waals surface area (Å²) in [6, 6.07) is 0. The fourth-order valence-corrected chi connectivity index (χ4v) is 2.59. The van der Waals surface area contributed by atoms with Crippen LogP contribution in [0.15, 0.2) is 0 Å². The van der Waals surface area contributed by atoms with Gasteiger partial charge in [0.15, 0.2) is 0 Å². The van der Waals surface area contributed by atoms with Gasteiger partial charge in [-0.1, -0.05) is 15.9 Å². The summed E-state index contributed by atoms with van der Waals surface area (Å²) in [5.74, 6) is 0.238. The van der Waals surface area contributed by atoms with Gasteiger partial charge >= 0.3 is 0 Å². The molecule has 0 bridgehead atoms. The van der Waals surface area contributed by atoms with Crippen LogP contribution < -0.4 is 0 Å². The van der Waals surface area contributed by atoms with Crippen LogP contribution in [-0.4, -0.2) is 49.2 Å². The van der Waals surface area contributed by atoms with Crippen LogP contribution in [0.1, 0.15) is 12.8 Å². The summed E-state index contributed by atoms with van der Waals surface area (Å²) in [5.41, 5.74) is 0. The summed E-state index contributed by atoms with van der Waals surface area (Å²) < 4.78 is 21.7. The van der Waals surface area contributed by atoms with Crippen LogP contribution >= 0.6 is 15.9 Å². The molecular weight excluding hydrogens is 270 g/mol. The fourth-order valence-electron chi connectivity index (χ4n) is 1.44. The summed E-state index contributed by atoms with van der Waals surface area (Å²) in [6.45, 7) is 1.28. The van der Waals surface area contributed by atoms with Crippen LogP contribution in [0.25, 0.3) is 0 Å². The number of nitrogens with zero attached hydrogens (tertiary/aromatic N) is 1. The molecule has 0 aromatic rings. The number of hydrogen-bond acceptors (Lipinski definition) is 3. The second-order valence-corrected chi connectivity index (χ2v) is 6.93. The maximum absolute atomic E-state index is 11.4. The van der Waals surface area contributed by atoms with Gasteiger partial charge in [-0.05, 0) is 12.8 Å². The van der Waals surface area contributed by atoms with E-state index in [1.165, 1.54) is 6.26 Å². The Hall–Kier alpha value is -0.100. The van der Waals surface area contributed by atoms with Crippen molar-refractivity contribution < 1.29 is 13.2 Å². The minimum Gasteiger partial charge on any atom is -0.342 e. The number of amides is 1. The molecule has 1 aliphatic heterocycles. The summed E-state index contributed by atoms with van der Waals surface area (Å²) in [5, 5.41) is 0. The first kappa shape index (κ1) is 12.0. The number of carbonyl (C=O) groups excluding carboxylic acids is 1. The average Bonchev–Trinajstić information content (AvgIpc) is 2.33. The molecule has 0 saturated carbocycles. The lowest BCUT2D eigenvalue weighted by Gasteiger charge is -2.14. The molecule has 0 N–H and O–H groups in total. The second-order valence-electron chi connectivity index (χ2n) is 3.56. The van der Waals surface area contributed by atoms with Crippen molar-refractivity contribution in [3.8, 4) is 0 Å². The van der Waals surface area contributed by atoms with Gasteiger partial charge < -0.3 is 4.90 Å². The van der Waals surface area contributed by atoms with Gasteiger partial charge in [-0.25, -0.2) is 8.42 Å². The molecule has 0 aliphatic carbocycles. The fraction of sp³-hybridized carbons (Fsp3) is 0.875. The predicted molar refractivity (Wildman–Crippen MR) is 58.2 cm³/mol. The van der Waals surface area contributed by atoms with E-state index in [9.17, 15) is 13.2 Å². The molecule has 1 rings (SSSR count). The highest BCUT2D eigenvalue weighted by Crippen LogP contribution is 2.18. The predicted octanol–water partition coefficient (Wildman–Crippen LogP) is 0.417. The SMILES string of the molecule is CS(=O)(=O)CCCN1CCC(Br)C1=O.